The Kier molecular flexibility index (Phi) is 7.43. The molecule has 1 amide bonds. The van der Waals surface area contributed by atoms with Gasteiger partial charge in [-0.25, -0.2) is 16.8 Å². The number of hydrogen-bond acceptors (Lipinski definition) is 6. The van der Waals surface area contributed by atoms with Crippen LogP contribution in [0.15, 0.2) is 82.6 Å². The molecule has 9 nitrogen and oxygen atoms in total. The Hall–Kier alpha value is -2.96. The Morgan fingerprint density at radius 2 is 1.49 bits per heavy atom. The van der Waals surface area contributed by atoms with Crippen molar-refractivity contribution in [3.63, 3.8) is 0 Å². The molecule has 1 aliphatic heterocycles. The lowest BCUT2D eigenvalue weighted by Gasteiger charge is -2.26. The summed E-state index contributed by atoms with van der Waals surface area (Å²) in [6, 6.07) is 17.5. The maximum absolute atomic E-state index is 12.9. The number of anilines is 2. The van der Waals surface area contributed by atoms with E-state index in [-0.39, 0.29) is 28.4 Å². The smallest absolute Gasteiger partial charge is 0.261 e. The van der Waals surface area contributed by atoms with Crippen LogP contribution < -0.4 is 10.0 Å². The van der Waals surface area contributed by atoms with Crippen LogP contribution >= 0.6 is 11.6 Å². The third-order valence-corrected chi connectivity index (χ3v) is 8.77. The number of sulfonamides is 2. The maximum atomic E-state index is 12.9. The SMILES string of the molecule is O=C(Nc1cccc(S(=O)(=O)N2CCOCC2)c1)c1ccc(S(=O)(=O)Nc2ccc(Cl)cc2)cc1. The van der Waals surface area contributed by atoms with E-state index in [2.05, 4.69) is 10.0 Å². The van der Waals surface area contributed by atoms with E-state index in [1.165, 1.54) is 52.8 Å². The normalized spacial score (nSPS) is 14.9. The third kappa shape index (κ3) is 6.00. The van der Waals surface area contributed by atoms with Gasteiger partial charge in [0.15, 0.2) is 0 Å². The van der Waals surface area contributed by atoms with E-state index in [0.29, 0.717) is 29.6 Å². The van der Waals surface area contributed by atoms with Crippen molar-refractivity contribution < 1.29 is 26.4 Å². The molecule has 1 saturated heterocycles. The highest BCUT2D eigenvalue weighted by molar-refractivity contribution is 7.92. The summed E-state index contributed by atoms with van der Waals surface area (Å²) in [5, 5.41) is 3.13. The summed E-state index contributed by atoms with van der Waals surface area (Å²) in [5.74, 6) is -0.513. The molecule has 1 fully saturated rings. The van der Waals surface area contributed by atoms with Gasteiger partial charge in [-0.3, -0.25) is 9.52 Å². The van der Waals surface area contributed by atoms with Gasteiger partial charge in [0.05, 0.1) is 23.0 Å². The first-order chi connectivity index (χ1) is 16.6. The lowest BCUT2D eigenvalue weighted by Crippen LogP contribution is -2.40. The summed E-state index contributed by atoms with van der Waals surface area (Å²) in [6.07, 6.45) is 0. The first-order valence-electron chi connectivity index (χ1n) is 10.5. The average Bonchev–Trinajstić information content (AvgIpc) is 2.86. The quantitative estimate of drug-likeness (QED) is 0.478. The van der Waals surface area contributed by atoms with Crippen LogP contribution in [0.3, 0.4) is 0 Å². The van der Waals surface area contributed by atoms with E-state index in [4.69, 9.17) is 16.3 Å². The Balaban J connectivity index is 1.46. The number of nitrogens with zero attached hydrogens (tertiary/aromatic N) is 1. The standard InChI is InChI=1S/C23H22ClN3O6S2/c24-18-6-8-19(9-7-18)26-34(29,30)21-10-4-17(5-11-21)23(28)25-20-2-1-3-22(16-20)35(31,32)27-12-14-33-15-13-27/h1-11,16,26H,12-15H2,(H,25,28). The van der Waals surface area contributed by atoms with Gasteiger partial charge in [0.25, 0.3) is 15.9 Å². The van der Waals surface area contributed by atoms with E-state index in [9.17, 15) is 21.6 Å². The Morgan fingerprint density at radius 1 is 0.829 bits per heavy atom. The summed E-state index contributed by atoms with van der Waals surface area (Å²) in [6.45, 7) is 1.19. The van der Waals surface area contributed by atoms with Crippen molar-refractivity contribution in [1.82, 2.24) is 4.31 Å². The minimum atomic E-state index is -3.87. The average molecular weight is 536 g/mol. The zero-order valence-electron chi connectivity index (χ0n) is 18.3. The van der Waals surface area contributed by atoms with Crippen molar-refractivity contribution in [3.05, 3.63) is 83.4 Å². The third-order valence-electron chi connectivity index (χ3n) is 5.22. The molecule has 12 heteroatoms. The molecule has 1 aliphatic rings. The van der Waals surface area contributed by atoms with Crippen molar-refractivity contribution in [1.29, 1.82) is 0 Å². The Labute approximate surface area is 208 Å². The topological polar surface area (TPSA) is 122 Å². The van der Waals surface area contributed by atoms with Gasteiger partial charge >= 0.3 is 0 Å². The van der Waals surface area contributed by atoms with Crippen LogP contribution in [-0.2, 0) is 24.8 Å². The minimum absolute atomic E-state index is 0.0254. The molecule has 0 spiro atoms. The Bertz CT molecular complexity index is 1420. The summed E-state index contributed by atoms with van der Waals surface area (Å²) < 4.78 is 59.9. The molecule has 1 heterocycles. The number of carbonyl (C=O) groups is 1. The second kappa shape index (κ2) is 10.3. The zero-order chi connectivity index (χ0) is 25.1. The van der Waals surface area contributed by atoms with E-state index < -0.39 is 26.0 Å². The van der Waals surface area contributed by atoms with Crippen molar-refractivity contribution in [3.8, 4) is 0 Å². The molecule has 4 rings (SSSR count). The van der Waals surface area contributed by atoms with Gasteiger partial charge in [-0.2, -0.15) is 4.31 Å². The van der Waals surface area contributed by atoms with Crippen LogP contribution in [0.1, 0.15) is 10.4 Å². The van der Waals surface area contributed by atoms with Crippen molar-refractivity contribution in [2.24, 2.45) is 0 Å². The zero-order valence-corrected chi connectivity index (χ0v) is 20.7. The van der Waals surface area contributed by atoms with Gasteiger partial charge in [0.1, 0.15) is 0 Å². The van der Waals surface area contributed by atoms with Crippen molar-refractivity contribution in [2.75, 3.05) is 36.3 Å². The second-order valence-corrected chi connectivity index (χ2v) is 11.7. The molecule has 3 aromatic carbocycles. The molecule has 0 saturated carbocycles. The number of rotatable bonds is 7. The van der Waals surface area contributed by atoms with Crippen LogP contribution in [0, 0.1) is 0 Å². The lowest BCUT2D eigenvalue weighted by molar-refractivity contribution is 0.0730. The molecular weight excluding hydrogens is 514 g/mol. The van der Waals surface area contributed by atoms with E-state index in [0.717, 1.165) is 0 Å². The minimum Gasteiger partial charge on any atom is -0.379 e. The molecule has 0 bridgehead atoms. The summed E-state index contributed by atoms with van der Waals surface area (Å²) in [5.41, 5.74) is 0.852. The molecule has 3 aromatic rings. The fraction of sp³-hybridized carbons (Fsp3) is 0.174. The van der Waals surface area contributed by atoms with E-state index >= 15 is 0 Å². The highest BCUT2D eigenvalue weighted by atomic mass is 35.5. The molecule has 0 aromatic heterocycles. The van der Waals surface area contributed by atoms with Crippen LogP contribution in [0.4, 0.5) is 11.4 Å². The predicted molar refractivity (Wildman–Crippen MR) is 133 cm³/mol. The number of hydrogen-bond donors (Lipinski definition) is 2. The molecule has 184 valence electrons. The molecule has 0 radical (unpaired) electrons. The van der Waals surface area contributed by atoms with E-state index in [1.54, 1.807) is 24.3 Å². The highest BCUT2D eigenvalue weighted by Crippen LogP contribution is 2.22. The fourth-order valence-corrected chi connectivity index (χ4v) is 6.03. The maximum Gasteiger partial charge on any atom is 0.261 e. The van der Waals surface area contributed by atoms with Crippen LogP contribution in [0.5, 0.6) is 0 Å². The first kappa shape index (κ1) is 25.1. The fourth-order valence-electron chi connectivity index (χ4n) is 3.39. The van der Waals surface area contributed by atoms with Crippen LogP contribution in [0.25, 0.3) is 0 Å². The number of amides is 1. The summed E-state index contributed by atoms with van der Waals surface area (Å²) >= 11 is 5.82. The number of halogens is 1. The largest absolute Gasteiger partial charge is 0.379 e. The van der Waals surface area contributed by atoms with Crippen LogP contribution in [0.2, 0.25) is 5.02 Å². The van der Waals surface area contributed by atoms with Gasteiger partial charge in [0, 0.05) is 35.1 Å². The number of nitrogens with one attached hydrogen (secondary N) is 2. The van der Waals surface area contributed by atoms with Gasteiger partial charge in [0.2, 0.25) is 10.0 Å². The van der Waals surface area contributed by atoms with Gasteiger partial charge in [-0.05, 0) is 66.7 Å². The molecule has 0 aliphatic carbocycles. The van der Waals surface area contributed by atoms with Gasteiger partial charge in [-0.1, -0.05) is 17.7 Å². The van der Waals surface area contributed by atoms with Crippen molar-refractivity contribution in [2.45, 2.75) is 9.79 Å². The number of benzene rings is 3. The highest BCUT2D eigenvalue weighted by Gasteiger charge is 2.26. The molecule has 2 N–H and O–H groups in total. The Morgan fingerprint density at radius 3 is 2.14 bits per heavy atom. The predicted octanol–water partition coefficient (Wildman–Crippen LogP) is 3.41. The van der Waals surface area contributed by atoms with Crippen molar-refractivity contribution >= 4 is 48.9 Å². The number of carbonyl (C=O) groups excluding carboxylic acids is 1. The second-order valence-electron chi connectivity index (χ2n) is 7.64. The monoisotopic (exact) mass is 535 g/mol. The number of ether oxygens (including phenoxy) is 1. The summed E-state index contributed by atoms with van der Waals surface area (Å²) in [7, 11) is -7.58. The molecule has 35 heavy (non-hydrogen) atoms. The van der Waals surface area contributed by atoms with Gasteiger partial charge < -0.3 is 10.1 Å². The van der Waals surface area contributed by atoms with Crippen LogP contribution in [-0.4, -0.2) is 53.4 Å². The van der Waals surface area contributed by atoms with Gasteiger partial charge in [-0.15, -0.1) is 0 Å². The molecule has 0 unspecified atom stereocenters. The lowest BCUT2D eigenvalue weighted by atomic mass is 10.2. The first-order valence-corrected chi connectivity index (χ1v) is 13.8. The molecule has 0 atom stereocenters. The van der Waals surface area contributed by atoms with E-state index in [1.807, 2.05) is 0 Å². The summed E-state index contributed by atoms with van der Waals surface area (Å²) in [4.78, 5) is 12.7. The number of morpholine rings is 1. The molecular formula is C23H22ClN3O6S2.